The van der Waals surface area contributed by atoms with E-state index in [-0.39, 0.29) is 19.1 Å². The second kappa shape index (κ2) is 9.79. The molecule has 0 unspecified atom stereocenters. The Hall–Kier alpha value is -2.12. The Labute approximate surface area is 178 Å². The normalized spacial score (nSPS) is 25.8. The number of ether oxygens (including phenoxy) is 2. The number of alkyl carbamates (subject to hydrolysis) is 1. The molecule has 0 saturated carbocycles. The summed E-state index contributed by atoms with van der Waals surface area (Å²) in [5, 5.41) is 2.85. The first-order valence-corrected chi connectivity index (χ1v) is 11.3. The third kappa shape index (κ3) is 4.95. The Morgan fingerprint density at radius 1 is 1.07 bits per heavy atom. The van der Waals surface area contributed by atoms with Gasteiger partial charge in [-0.05, 0) is 44.3 Å². The molecule has 1 aromatic carbocycles. The number of benzene rings is 1. The van der Waals surface area contributed by atoms with Crippen molar-refractivity contribution in [2.75, 3.05) is 39.4 Å². The molecule has 0 spiro atoms. The lowest BCUT2D eigenvalue weighted by Crippen LogP contribution is -2.62. The zero-order valence-electron chi connectivity index (χ0n) is 17.7. The largest absolute Gasteiger partial charge is 0.445 e. The van der Waals surface area contributed by atoms with E-state index in [4.69, 9.17) is 9.47 Å². The minimum Gasteiger partial charge on any atom is -0.445 e. The summed E-state index contributed by atoms with van der Waals surface area (Å²) < 4.78 is 10.9. The van der Waals surface area contributed by atoms with Crippen LogP contribution in [-0.4, -0.2) is 72.8 Å². The lowest BCUT2D eigenvalue weighted by molar-refractivity contribution is -0.140. The summed E-state index contributed by atoms with van der Waals surface area (Å²) >= 11 is 0. The molecule has 3 fully saturated rings. The molecule has 1 aromatic rings. The SMILES string of the molecule is O=C(N[C@@]1(C(=O)N2CCC(N3CCCCC3)CC2)CCOC1)OCc1ccccc1. The first kappa shape index (κ1) is 21.1. The molecular weight excluding hydrogens is 382 g/mol. The summed E-state index contributed by atoms with van der Waals surface area (Å²) in [6.45, 7) is 4.70. The average Bonchev–Trinajstić information content (AvgIpc) is 3.28. The summed E-state index contributed by atoms with van der Waals surface area (Å²) in [5.74, 6) is -0.0336. The fraction of sp³-hybridized carbons (Fsp3) is 0.652. The van der Waals surface area contributed by atoms with E-state index in [1.807, 2.05) is 35.2 Å². The quantitative estimate of drug-likeness (QED) is 0.800. The number of piperidine rings is 2. The molecule has 0 bridgehead atoms. The van der Waals surface area contributed by atoms with Gasteiger partial charge in [0.1, 0.15) is 12.1 Å². The lowest BCUT2D eigenvalue weighted by atomic mass is 9.94. The van der Waals surface area contributed by atoms with Crippen LogP contribution in [0.3, 0.4) is 0 Å². The van der Waals surface area contributed by atoms with Crippen molar-refractivity contribution < 1.29 is 19.1 Å². The maximum Gasteiger partial charge on any atom is 0.408 e. The fourth-order valence-corrected chi connectivity index (χ4v) is 4.86. The summed E-state index contributed by atoms with van der Waals surface area (Å²) in [6, 6.07) is 10.1. The van der Waals surface area contributed by atoms with Gasteiger partial charge in [0.05, 0.1) is 6.61 Å². The second-order valence-corrected chi connectivity index (χ2v) is 8.69. The van der Waals surface area contributed by atoms with E-state index in [0.29, 0.717) is 19.1 Å². The summed E-state index contributed by atoms with van der Waals surface area (Å²) in [4.78, 5) is 30.3. The van der Waals surface area contributed by atoms with Gasteiger partial charge in [-0.3, -0.25) is 4.79 Å². The molecule has 3 heterocycles. The van der Waals surface area contributed by atoms with Gasteiger partial charge in [-0.15, -0.1) is 0 Å². The Kier molecular flexibility index (Phi) is 6.89. The number of nitrogens with zero attached hydrogens (tertiary/aromatic N) is 2. The molecule has 7 nitrogen and oxygen atoms in total. The fourth-order valence-electron chi connectivity index (χ4n) is 4.86. The van der Waals surface area contributed by atoms with Gasteiger partial charge in [-0.1, -0.05) is 36.8 Å². The van der Waals surface area contributed by atoms with E-state index < -0.39 is 11.6 Å². The Bertz CT molecular complexity index is 706. The molecule has 3 aliphatic rings. The first-order valence-electron chi connectivity index (χ1n) is 11.3. The zero-order valence-corrected chi connectivity index (χ0v) is 17.7. The van der Waals surface area contributed by atoms with Crippen LogP contribution in [0.15, 0.2) is 30.3 Å². The van der Waals surface area contributed by atoms with Crippen LogP contribution in [0, 0.1) is 0 Å². The van der Waals surface area contributed by atoms with E-state index in [9.17, 15) is 9.59 Å². The number of hydrogen-bond acceptors (Lipinski definition) is 5. The minimum absolute atomic E-state index is 0.0336. The van der Waals surface area contributed by atoms with E-state index in [1.54, 1.807) is 0 Å². The average molecular weight is 416 g/mol. The van der Waals surface area contributed by atoms with E-state index in [0.717, 1.165) is 31.5 Å². The van der Waals surface area contributed by atoms with Crippen molar-refractivity contribution in [3.8, 4) is 0 Å². The van der Waals surface area contributed by atoms with Crippen LogP contribution in [0.25, 0.3) is 0 Å². The van der Waals surface area contributed by atoms with Gasteiger partial charge in [-0.25, -0.2) is 4.79 Å². The molecule has 7 heteroatoms. The van der Waals surface area contributed by atoms with Gasteiger partial charge in [0, 0.05) is 32.2 Å². The molecule has 1 N–H and O–H groups in total. The zero-order chi connectivity index (χ0) is 20.8. The van der Waals surface area contributed by atoms with Gasteiger partial charge >= 0.3 is 6.09 Å². The van der Waals surface area contributed by atoms with Crippen LogP contribution >= 0.6 is 0 Å². The summed E-state index contributed by atoms with van der Waals surface area (Å²) in [7, 11) is 0. The predicted molar refractivity (Wildman–Crippen MR) is 113 cm³/mol. The van der Waals surface area contributed by atoms with Crippen LogP contribution in [0.2, 0.25) is 0 Å². The Morgan fingerprint density at radius 2 is 1.80 bits per heavy atom. The highest BCUT2D eigenvalue weighted by atomic mass is 16.5. The molecule has 0 radical (unpaired) electrons. The molecule has 3 aliphatic heterocycles. The molecule has 2 amide bonds. The summed E-state index contributed by atoms with van der Waals surface area (Å²) in [5.41, 5.74) is -0.0957. The molecule has 1 atom stereocenters. The van der Waals surface area contributed by atoms with E-state index in [1.165, 1.54) is 32.4 Å². The topological polar surface area (TPSA) is 71.1 Å². The molecule has 164 valence electrons. The Balaban J connectivity index is 1.31. The van der Waals surface area contributed by atoms with E-state index in [2.05, 4.69) is 10.2 Å². The number of likely N-dealkylation sites (tertiary alicyclic amines) is 2. The van der Waals surface area contributed by atoms with Gasteiger partial charge in [0.25, 0.3) is 5.91 Å². The second-order valence-electron chi connectivity index (χ2n) is 8.69. The van der Waals surface area contributed by atoms with Crippen LogP contribution < -0.4 is 5.32 Å². The molecule has 0 aliphatic carbocycles. The van der Waals surface area contributed by atoms with Crippen molar-refractivity contribution in [2.45, 2.75) is 56.7 Å². The summed E-state index contributed by atoms with van der Waals surface area (Å²) in [6.07, 6.45) is 5.83. The number of rotatable bonds is 5. The van der Waals surface area contributed by atoms with Crippen LogP contribution in [0.5, 0.6) is 0 Å². The number of hydrogen-bond donors (Lipinski definition) is 1. The number of carbonyl (C=O) groups excluding carboxylic acids is 2. The van der Waals surface area contributed by atoms with Gasteiger partial charge < -0.3 is 24.6 Å². The number of amides is 2. The monoisotopic (exact) mass is 415 g/mol. The van der Waals surface area contributed by atoms with Crippen molar-refractivity contribution in [3.05, 3.63) is 35.9 Å². The number of nitrogens with one attached hydrogen (secondary N) is 1. The van der Waals surface area contributed by atoms with Gasteiger partial charge in [-0.2, -0.15) is 0 Å². The standard InChI is InChI=1S/C23H33N3O4/c27-21(26-14-9-20(10-15-26)25-12-5-2-6-13-25)23(11-16-29-18-23)24-22(28)30-17-19-7-3-1-4-8-19/h1,3-4,7-8,20H,2,5-6,9-18H2,(H,24,28)/t23-/m0/s1. The molecular formula is C23H33N3O4. The lowest BCUT2D eigenvalue weighted by Gasteiger charge is -2.42. The predicted octanol–water partition coefficient (Wildman–Crippen LogP) is 2.55. The molecule has 4 rings (SSSR count). The van der Waals surface area contributed by atoms with Gasteiger partial charge in [0.15, 0.2) is 0 Å². The highest BCUT2D eigenvalue weighted by molar-refractivity contribution is 5.90. The van der Waals surface area contributed by atoms with Crippen LogP contribution in [0.4, 0.5) is 4.79 Å². The molecule has 30 heavy (non-hydrogen) atoms. The highest BCUT2D eigenvalue weighted by Crippen LogP contribution is 2.26. The van der Waals surface area contributed by atoms with Gasteiger partial charge in [0.2, 0.25) is 0 Å². The van der Waals surface area contributed by atoms with Crippen LogP contribution in [-0.2, 0) is 20.9 Å². The van der Waals surface area contributed by atoms with Crippen LogP contribution in [0.1, 0.15) is 44.1 Å². The maximum absolute atomic E-state index is 13.4. The maximum atomic E-state index is 13.4. The van der Waals surface area contributed by atoms with Crippen molar-refractivity contribution in [2.24, 2.45) is 0 Å². The third-order valence-corrected chi connectivity index (χ3v) is 6.64. The smallest absolute Gasteiger partial charge is 0.408 e. The molecule has 3 saturated heterocycles. The van der Waals surface area contributed by atoms with E-state index >= 15 is 0 Å². The third-order valence-electron chi connectivity index (χ3n) is 6.64. The minimum atomic E-state index is -1.01. The van der Waals surface area contributed by atoms with Crippen molar-refractivity contribution in [1.29, 1.82) is 0 Å². The van der Waals surface area contributed by atoms with Crippen molar-refractivity contribution >= 4 is 12.0 Å². The van der Waals surface area contributed by atoms with Crippen molar-refractivity contribution in [3.63, 3.8) is 0 Å². The first-order chi connectivity index (χ1) is 14.7. The van der Waals surface area contributed by atoms with Crippen molar-refractivity contribution in [1.82, 2.24) is 15.1 Å². The number of carbonyl (C=O) groups is 2. The Morgan fingerprint density at radius 3 is 2.47 bits per heavy atom. The highest BCUT2D eigenvalue weighted by Gasteiger charge is 2.47. The molecule has 0 aromatic heterocycles.